The van der Waals surface area contributed by atoms with Crippen molar-refractivity contribution in [2.24, 2.45) is 0 Å². The molecular formula is C40H26GeS2. The average Bonchev–Trinajstić information content (AvgIpc) is 3.85. The van der Waals surface area contributed by atoms with Crippen LogP contribution in [-0.2, 0) is 0 Å². The molecule has 0 amide bonds. The van der Waals surface area contributed by atoms with Crippen LogP contribution >= 0.6 is 22.7 Å². The summed E-state index contributed by atoms with van der Waals surface area (Å²) in [5.74, 6) is 7.31. The Balaban J connectivity index is 1.70. The summed E-state index contributed by atoms with van der Waals surface area (Å²) in [5, 5.41) is 8.47. The van der Waals surface area contributed by atoms with Crippen LogP contribution in [0, 0.1) is 21.3 Å². The third-order valence-electron chi connectivity index (χ3n) is 7.58. The normalized spacial score (nSPS) is 13.7. The van der Waals surface area contributed by atoms with Crippen LogP contribution in [-0.4, -0.2) is 13.3 Å². The first kappa shape index (κ1) is 27.3. The van der Waals surface area contributed by atoms with E-state index in [-0.39, 0.29) is 0 Å². The molecule has 6 aromatic rings. The molecule has 1 aliphatic rings. The van der Waals surface area contributed by atoms with Gasteiger partial charge in [0.1, 0.15) is 0 Å². The maximum atomic E-state index is 4.01. The monoisotopic (exact) mass is 644 g/mol. The van der Waals surface area contributed by atoms with Gasteiger partial charge < -0.3 is 0 Å². The van der Waals surface area contributed by atoms with E-state index >= 15 is 0 Å². The van der Waals surface area contributed by atoms with E-state index in [1.807, 2.05) is 0 Å². The number of rotatable bonds is 4. The van der Waals surface area contributed by atoms with E-state index in [9.17, 15) is 0 Å². The van der Waals surface area contributed by atoms with Crippen molar-refractivity contribution in [3.8, 4) is 21.3 Å². The van der Waals surface area contributed by atoms with Gasteiger partial charge in [-0.1, -0.05) is 0 Å². The van der Waals surface area contributed by atoms with Crippen molar-refractivity contribution in [2.45, 2.75) is 0 Å². The molecule has 43 heavy (non-hydrogen) atoms. The van der Waals surface area contributed by atoms with Gasteiger partial charge in [0.05, 0.1) is 0 Å². The van der Waals surface area contributed by atoms with Crippen molar-refractivity contribution >= 4 is 55.9 Å². The molecule has 0 nitrogen and oxygen atoms in total. The van der Waals surface area contributed by atoms with Gasteiger partial charge in [-0.15, -0.1) is 0 Å². The summed E-state index contributed by atoms with van der Waals surface area (Å²) in [5.41, 5.74) is 9.35. The standard InChI is InChI=1S/C40H26GeS2/c1-5-13-33(14-6-1)37-38(34-15-7-2-8-16-34)40(36-19-11-4-12-20-36)41(25-21-31-23-27-42-29-31,26-22-32-24-28-43-30-32)39(37)35-17-9-3-10-18-35/h1-20,23-24,27-30H. The predicted molar refractivity (Wildman–Crippen MR) is 188 cm³/mol. The van der Waals surface area contributed by atoms with Gasteiger partial charge in [-0.05, 0) is 0 Å². The van der Waals surface area contributed by atoms with Gasteiger partial charge in [0.25, 0.3) is 0 Å². The molecule has 4 aromatic carbocycles. The predicted octanol–water partition coefficient (Wildman–Crippen LogP) is 10.1. The molecule has 3 heteroatoms. The van der Waals surface area contributed by atoms with Gasteiger partial charge in [-0.3, -0.25) is 0 Å². The topological polar surface area (TPSA) is 0 Å². The molecule has 0 N–H and O–H groups in total. The Morgan fingerprint density at radius 1 is 0.395 bits per heavy atom. The zero-order valence-corrected chi connectivity index (χ0v) is 27.1. The van der Waals surface area contributed by atoms with Crippen LogP contribution in [0.25, 0.3) is 20.0 Å². The molecule has 202 valence electrons. The van der Waals surface area contributed by atoms with Crippen LogP contribution in [0.4, 0.5) is 0 Å². The number of allylic oxidation sites excluding steroid dienone is 2. The van der Waals surface area contributed by atoms with Gasteiger partial charge in [0.2, 0.25) is 0 Å². The molecule has 0 bridgehead atoms. The number of hydrogen-bond acceptors (Lipinski definition) is 2. The van der Waals surface area contributed by atoms with Crippen molar-refractivity contribution < 1.29 is 0 Å². The fourth-order valence-electron chi connectivity index (χ4n) is 5.75. The van der Waals surface area contributed by atoms with Crippen LogP contribution in [0.1, 0.15) is 33.4 Å². The molecule has 0 radical (unpaired) electrons. The van der Waals surface area contributed by atoms with Crippen LogP contribution in [0.15, 0.2) is 155 Å². The summed E-state index contributed by atoms with van der Waals surface area (Å²) >= 11 is -0.539. The van der Waals surface area contributed by atoms with Gasteiger partial charge in [-0.25, -0.2) is 0 Å². The van der Waals surface area contributed by atoms with E-state index in [0.717, 1.165) is 11.1 Å². The summed E-state index contributed by atoms with van der Waals surface area (Å²) in [6.45, 7) is 0. The molecular weight excluding hydrogens is 617 g/mol. The molecule has 0 saturated carbocycles. The quantitative estimate of drug-likeness (QED) is 0.133. The molecule has 0 spiro atoms. The Morgan fingerprint density at radius 3 is 1.07 bits per heavy atom. The van der Waals surface area contributed by atoms with Gasteiger partial charge >= 0.3 is 266 Å². The molecule has 0 saturated heterocycles. The van der Waals surface area contributed by atoms with Crippen molar-refractivity contribution in [1.82, 2.24) is 0 Å². The van der Waals surface area contributed by atoms with Crippen molar-refractivity contribution in [3.63, 3.8) is 0 Å². The Labute approximate surface area is 264 Å². The summed E-state index contributed by atoms with van der Waals surface area (Å²) < 4.78 is 10.6. The minimum absolute atomic E-state index is 1.04. The SMILES string of the molecule is C(#[C][Ge]1([C]#Cc2ccsc2)[C](c2ccccc2)=C(c2ccccc2)C(c2ccccc2)=[C]1c1ccccc1)c1ccsc1. The Kier molecular flexibility index (Phi) is 7.83. The van der Waals surface area contributed by atoms with E-state index in [4.69, 9.17) is 0 Å². The van der Waals surface area contributed by atoms with E-state index in [1.165, 1.54) is 42.2 Å². The second-order valence-corrected chi connectivity index (χ2v) is 18.1. The maximum absolute atomic E-state index is 4.01. The van der Waals surface area contributed by atoms with Crippen LogP contribution < -0.4 is 0 Å². The first-order chi connectivity index (χ1) is 21.3. The van der Waals surface area contributed by atoms with Gasteiger partial charge in [-0.2, -0.15) is 0 Å². The van der Waals surface area contributed by atoms with Crippen LogP contribution in [0.5, 0.6) is 0 Å². The van der Waals surface area contributed by atoms with Crippen LogP contribution in [0.2, 0.25) is 0 Å². The Morgan fingerprint density at radius 2 is 0.744 bits per heavy atom. The van der Waals surface area contributed by atoms with Crippen LogP contribution in [0.3, 0.4) is 0 Å². The number of hydrogen-bond donors (Lipinski definition) is 0. The minimum atomic E-state index is -3.90. The van der Waals surface area contributed by atoms with E-state index < -0.39 is 13.3 Å². The average molecular weight is 643 g/mol. The molecule has 0 unspecified atom stereocenters. The van der Waals surface area contributed by atoms with Crippen molar-refractivity contribution in [1.29, 1.82) is 0 Å². The first-order valence-corrected chi connectivity index (χ1v) is 20.2. The number of thiophene rings is 2. The summed E-state index contributed by atoms with van der Waals surface area (Å²) in [6, 6.07) is 47.6. The molecule has 2 aromatic heterocycles. The fraction of sp³-hybridized carbons (Fsp3) is 0. The van der Waals surface area contributed by atoms with E-state index in [2.05, 4.69) is 176 Å². The third kappa shape index (κ3) is 5.38. The zero-order chi connectivity index (χ0) is 28.9. The molecule has 0 aliphatic carbocycles. The van der Waals surface area contributed by atoms with Gasteiger partial charge in [0, 0.05) is 0 Å². The molecule has 0 fully saturated rings. The summed E-state index contributed by atoms with van der Waals surface area (Å²) in [7, 11) is 0. The number of benzene rings is 4. The molecule has 7 rings (SSSR count). The Hall–Kier alpha value is -4.58. The second kappa shape index (κ2) is 12.3. The second-order valence-electron chi connectivity index (χ2n) is 10.2. The molecule has 3 heterocycles. The van der Waals surface area contributed by atoms with Crippen molar-refractivity contribution in [3.05, 3.63) is 188 Å². The molecule has 1 aliphatic heterocycles. The van der Waals surface area contributed by atoms with E-state index in [1.54, 1.807) is 22.7 Å². The zero-order valence-electron chi connectivity index (χ0n) is 23.3. The summed E-state index contributed by atoms with van der Waals surface area (Å²) in [4.78, 5) is 0. The van der Waals surface area contributed by atoms with Crippen molar-refractivity contribution in [2.75, 3.05) is 0 Å². The van der Waals surface area contributed by atoms with E-state index in [0.29, 0.717) is 0 Å². The summed E-state index contributed by atoms with van der Waals surface area (Å²) in [6.07, 6.45) is 0. The van der Waals surface area contributed by atoms with Gasteiger partial charge in [0.15, 0.2) is 0 Å². The third-order valence-corrected chi connectivity index (χ3v) is 16.5. The fourth-order valence-corrected chi connectivity index (χ4v) is 15.2. The molecule has 0 atom stereocenters. The first-order valence-electron chi connectivity index (χ1n) is 14.2. The Bertz CT molecular complexity index is 1880.